The first-order valence-electron chi connectivity index (χ1n) is 10.4. The maximum absolute atomic E-state index is 12.5. The Hall–Kier alpha value is -2.75. The SMILES string of the molecule is CCCCCOc1ccc(C=CC(=O)Nc2c(C)cccc2C(C)C)cc1OC. The summed E-state index contributed by atoms with van der Waals surface area (Å²) >= 11 is 0. The number of carbonyl (C=O) groups is 1. The van der Waals surface area contributed by atoms with E-state index >= 15 is 0 Å². The number of ether oxygens (including phenoxy) is 2. The highest BCUT2D eigenvalue weighted by atomic mass is 16.5. The van der Waals surface area contributed by atoms with Crippen molar-refractivity contribution in [1.29, 1.82) is 0 Å². The monoisotopic (exact) mass is 395 g/mol. The van der Waals surface area contributed by atoms with Crippen molar-refractivity contribution in [3.8, 4) is 11.5 Å². The summed E-state index contributed by atoms with van der Waals surface area (Å²) in [5.74, 6) is 1.58. The second-order valence-electron chi connectivity index (χ2n) is 7.48. The van der Waals surface area contributed by atoms with Crippen molar-refractivity contribution in [3.05, 3.63) is 59.2 Å². The molecule has 0 aliphatic heterocycles. The van der Waals surface area contributed by atoms with Gasteiger partial charge in [-0.3, -0.25) is 4.79 Å². The van der Waals surface area contributed by atoms with E-state index in [0.29, 0.717) is 18.3 Å². The molecule has 0 aliphatic rings. The van der Waals surface area contributed by atoms with Crippen LogP contribution in [0.25, 0.3) is 6.08 Å². The minimum Gasteiger partial charge on any atom is -0.493 e. The highest BCUT2D eigenvalue weighted by Crippen LogP contribution is 2.29. The summed E-state index contributed by atoms with van der Waals surface area (Å²) in [6.45, 7) is 9.10. The van der Waals surface area contributed by atoms with Crippen LogP contribution in [-0.4, -0.2) is 19.6 Å². The van der Waals surface area contributed by atoms with Crippen LogP contribution in [0.5, 0.6) is 11.5 Å². The van der Waals surface area contributed by atoms with E-state index in [1.54, 1.807) is 19.3 Å². The number of carbonyl (C=O) groups excluding carboxylic acids is 1. The van der Waals surface area contributed by atoms with Crippen LogP contribution in [0.15, 0.2) is 42.5 Å². The van der Waals surface area contributed by atoms with Gasteiger partial charge in [-0.1, -0.05) is 57.9 Å². The normalized spacial score (nSPS) is 11.1. The molecule has 0 fully saturated rings. The van der Waals surface area contributed by atoms with Gasteiger partial charge in [-0.15, -0.1) is 0 Å². The molecule has 0 saturated carbocycles. The summed E-state index contributed by atoms with van der Waals surface area (Å²) in [4.78, 5) is 12.5. The summed E-state index contributed by atoms with van der Waals surface area (Å²) < 4.78 is 11.3. The number of aryl methyl sites for hydroxylation is 1. The van der Waals surface area contributed by atoms with Gasteiger partial charge < -0.3 is 14.8 Å². The minimum absolute atomic E-state index is 0.153. The molecule has 0 spiro atoms. The van der Waals surface area contributed by atoms with Gasteiger partial charge in [-0.25, -0.2) is 0 Å². The summed E-state index contributed by atoms with van der Waals surface area (Å²) in [6, 6.07) is 11.8. The van der Waals surface area contributed by atoms with Gasteiger partial charge in [0.15, 0.2) is 11.5 Å². The molecule has 4 nitrogen and oxygen atoms in total. The zero-order valence-electron chi connectivity index (χ0n) is 18.2. The van der Waals surface area contributed by atoms with Gasteiger partial charge in [0.05, 0.1) is 13.7 Å². The molecule has 0 saturated heterocycles. The zero-order valence-corrected chi connectivity index (χ0v) is 18.2. The molecular formula is C25H33NO3. The Kier molecular flexibility index (Phi) is 8.78. The van der Waals surface area contributed by atoms with E-state index in [9.17, 15) is 4.79 Å². The third kappa shape index (κ3) is 6.67. The maximum Gasteiger partial charge on any atom is 0.248 e. The predicted molar refractivity (Wildman–Crippen MR) is 121 cm³/mol. The smallest absolute Gasteiger partial charge is 0.248 e. The van der Waals surface area contributed by atoms with Gasteiger partial charge in [0, 0.05) is 11.8 Å². The van der Waals surface area contributed by atoms with Crippen LogP contribution in [0, 0.1) is 6.92 Å². The van der Waals surface area contributed by atoms with Crippen LogP contribution in [0.4, 0.5) is 5.69 Å². The lowest BCUT2D eigenvalue weighted by Gasteiger charge is -2.15. The third-order valence-electron chi connectivity index (χ3n) is 4.80. The van der Waals surface area contributed by atoms with Crippen LogP contribution in [0.1, 0.15) is 62.6 Å². The van der Waals surface area contributed by atoms with E-state index in [2.05, 4.69) is 32.2 Å². The Labute approximate surface area is 174 Å². The number of nitrogens with one attached hydrogen (secondary N) is 1. The molecule has 1 amide bonds. The molecule has 1 N–H and O–H groups in total. The molecule has 0 aromatic heterocycles. The van der Waals surface area contributed by atoms with E-state index in [1.807, 2.05) is 37.3 Å². The molecule has 0 unspecified atom stereocenters. The Morgan fingerprint density at radius 3 is 2.62 bits per heavy atom. The lowest BCUT2D eigenvalue weighted by molar-refractivity contribution is -0.111. The molecule has 156 valence electrons. The van der Waals surface area contributed by atoms with Crippen molar-refractivity contribution < 1.29 is 14.3 Å². The molecule has 0 heterocycles. The zero-order chi connectivity index (χ0) is 21.2. The maximum atomic E-state index is 12.5. The fraction of sp³-hybridized carbons (Fsp3) is 0.400. The summed E-state index contributed by atoms with van der Waals surface area (Å²) in [7, 11) is 1.63. The first kappa shape index (κ1) is 22.5. The lowest BCUT2D eigenvalue weighted by atomic mass is 9.98. The fourth-order valence-corrected chi connectivity index (χ4v) is 3.12. The second-order valence-corrected chi connectivity index (χ2v) is 7.48. The number of anilines is 1. The second kappa shape index (κ2) is 11.3. The highest BCUT2D eigenvalue weighted by molar-refractivity contribution is 6.02. The van der Waals surface area contributed by atoms with E-state index < -0.39 is 0 Å². The van der Waals surface area contributed by atoms with Crippen molar-refractivity contribution >= 4 is 17.7 Å². The molecule has 0 bridgehead atoms. The number of unbranched alkanes of at least 4 members (excludes halogenated alkanes) is 2. The van der Waals surface area contributed by atoms with Gasteiger partial charge in [0.1, 0.15) is 0 Å². The molecule has 0 radical (unpaired) electrons. The van der Waals surface area contributed by atoms with Crippen molar-refractivity contribution in [1.82, 2.24) is 0 Å². The fourth-order valence-electron chi connectivity index (χ4n) is 3.12. The molecule has 4 heteroatoms. The quantitative estimate of drug-likeness (QED) is 0.377. The number of amides is 1. The number of hydrogen-bond acceptors (Lipinski definition) is 3. The van der Waals surface area contributed by atoms with E-state index in [1.165, 1.54) is 0 Å². The Bertz CT molecular complexity index is 840. The van der Waals surface area contributed by atoms with Gasteiger partial charge in [0.25, 0.3) is 0 Å². The summed E-state index contributed by atoms with van der Waals surface area (Å²) in [6.07, 6.45) is 6.67. The number of methoxy groups -OCH3 is 1. The van der Waals surface area contributed by atoms with E-state index in [-0.39, 0.29) is 5.91 Å². The molecule has 0 atom stereocenters. The molecule has 2 rings (SSSR count). The molecule has 2 aromatic carbocycles. The average Bonchev–Trinajstić information content (AvgIpc) is 2.71. The van der Waals surface area contributed by atoms with Crippen LogP contribution in [-0.2, 0) is 4.79 Å². The predicted octanol–water partition coefficient (Wildman–Crippen LogP) is 6.35. The Morgan fingerprint density at radius 1 is 1.14 bits per heavy atom. The number of hydrogen-bond donors (Lipinski definition) is 1. The van der Waals surface area contributed by atoms with Gasteiger partial charge in [-0.2, -0.15) is 0 Å². The van der Waals surface area contributed by atoms with E-state index in [0.717, 1.165) is 47.4 Å². The Balaban J connectivity index is 2.07. The van der Waals surface area contributed by atoms with Gasteiger partial charge in [-0.05, 0) is 54.2 Å². The van der Waals surface area contributed by atoms with Gasteiger partial charge >= 0.3 is 0 Å². The third-order valence-corrected chi connectivity index (χ3v) is 4.80. The average molecular weight is 396 g/mol. The van der Waals surface area contributed by atoms with Crippen LogP contribution in [0.3, 0.4) is 0 Å². The minimum atomic E-state index is -0.153. The highest BCUT2D eigenvalue weighted by Gasteiger charge is 2.11. The Morgan fingerprint density at radius 2 is 1.93 bits per heavy atom. The van der Waals surface area contributed by atoms with Crippen molar-refractivity contribution in [2.75, 3.05) is 19.0 Å². The number of para-hydroxylation sites is 1. The summed E-state index contributed by atoms with van der Waals surface area (Å²) in [5, 5.41) is 3.03. The van der Waals surface area contributed by atoms with Crippen molar-refractivity contribution in [2.45, 2.75) is 52.9 Å². The summed E-state index contributed by atoms with van der Waals surface area (Å²) in [5.41, 5.74) is 3.97. The first-order valence-corrected chi connectivity index (χ1v) is 10.4. The molecule has 2 aromatic rings. The van der Waals surface area contributed by atoms with Crippen molar-refractivity contribution in [3.63, 3.8) is 0 Å². The van der Waals surface area contributed by atoms with Crippen LogP contribution in [0.2, 0.25) is 0 Å². The largest absolute Gasteiger partial charge is 0.493 e. The topological polar surface area (TPSA) is 47.6 Å². The first-order chi connectivity index (χ1) is 14.0. The van der Waals surface area contributed by atoms with Crippen LogP contribution < -0.4 is 14.8 Å². The molecular weight excluding hydrogens is 362 g/mol. The van der Waals surface area contributed by atoms with Crippen molar-refractivity contribution in [2.24, 2.45) is 0 Å². The standard InChI is InChI=1S/C25H33NO3/c1-6-7-8-16-29-22-14-12-20(17-23(22)28-5)13-15-24(27)26-25-19(4)10-9-11-21(25)18(2)3/h9-15,17-18H,6-8,16H2,1-5H3,(H,26,27). The number of benzene rings is 2. The van der Waals surface area contributed by atoms with Gasteiger partial charge in [0.2, 0.25) is 5.91 Å². The lowest BCUT2D eigenvalue weighted by Crippen LogP contribution is -2.11. The molecule has 29 heavy (non-hydrogen) atoms. The van der Waals surface area contributed by atoms with E-state index in [4.69, 9.17) is 9.47 Å². The number of rotatable bonds is 10. The van der Waals surface area contributed by atoms with Crippen LogP contribution >= 0.6 is 0 Å². The molecule has 0 aliphatic carbocycles.